The second kappa shape index (κ2) is 11.1. The molecule has 0 aliphatic rings. The Kier molecular flexibility index (Phi) is 9.16. The number of nitrogens with one attached hydrogen (secondary N) is 1. The van der Waals surface area contributed by atoms with Crippen LogP contribution in [0.2, 0.25) is 0 Å². The van der Waals surface area contributed by atoms with Gasteiger partial charge in [-0.15, -0.1) is 0 Å². The summed E-state index contributed by atoms with van der Waals surface area (Å²) < 4.78 is 12.1. The lowest BCUT2D eigenvalue weighted by Crippen LogP contribution is -2.27. The highest BCUT2D eigenvalue weighted by atomic mass is 19.1. The molecule has 2 aromatic carbocycles. The minimum Gasteiger partial charge on any atom is -0.478 e. The first-order chi connectivity index (χ1) is 12.7. The topological polar surface area (TPSA) is 86.6 Å². The molecule has 1 amide bonds. The van der Waals surface area contributed by atoms with Crippen LogP contribution < -0.4 is 5.32 Å². The predicted octanol–water partition coefficient (Wildman–Crippen LogP) is 3.93. The zero-order valence-electron chi connectivity index (χ0n) is 15.8. The van der Waals surface area contributed by atoms with E-state index in [9.17, 15) is 14.0 Å². The van der Waals surface area contributed by atoms with Crippen molar-refractivity contribution in [3.63, 3.8) is 0 Å². The van der Waals surface area contributed by atoms with Gasteiger partial charge in [-0.1, -0.05) is 38.1 Å². The van der Waals surface area contributed by atoms with E-state index in [-0.39, 0.29) is 29.9 Å². The summed E-state index contributed by atoms with van der Waals surface area (Å²) in [5.74, 6) is -0.878. The number of aliphatic hydroxyl groups is 1. The van der Waals surface area contributed by atoms with E-state index >= 15 is 0 Å². The van der Waals surface area contributed by atoms with Crippen molar-refractivity contribution in [2.45, 2.75) is 39.8 Å². The molecule has 0 spiro atoms. The standard InChI is InChI=1S/C14H19NO3.C7H7FO/c1-9(2)8-13(16)15-10(3)11-4-6-12(7-5-11)14(17)18;8-7-3-1-6(5-9)2-4-7/h4-7,9-10H,8H2,1-3H3,(H,15,16)(H,17,18);1-4,9H,5H2. The van der Waals surface area contributed by atoms with E-state index in [2.05, 4.69) is 5.32 Å². The smallest absolute Gasteiger partial charge is 0.335 e. The predicted molar refractivity (Wildman–Crippen MR) is 102 cm³/mol. The molecule has 6 heteroatoms. The average molecular weight is 375 g/mol. The van der Waals surface area contributed by atoms with Crippen molar-refractivity contribution in [2.75, 3.05) is 0 Å². The van der Waals surface area contributed by atoms with E-state index in [0.29, 0.717) is 12.3 Å². The highest BCUT2D eigenvalue weighted by Crippen LogP contribution is 2.14. The third-order valence-electron chi connectivity index (χ3n) is 3.72. The summed E-state index contributed by atoms with van der Waals surface area (Å²) in [5.41, 5.74) is 1.88. The summed E-state index contributed by atoms with van der Waals surface area (Å²) in [6.07, 6.45) is 0.498. The molecule has 27 heavy (non-hydrogen) atoms. The highest BCUT2D eigenvalue weighted by Gasteiger charge is 2.11. The molecule has 146 valence electrons. The van der Waals surface area contributed by atoms with Crippen LogP contribution in [-0.4, -0.2) is 22.1 Å². The van der Waals surface area contributed by atoms with Crippen LogP contribution >= 0.6 is 0 Å². The van der Waals surface area contributed by atoms with Gasteiger partial charge in [0.2, 0.25) is 5.91 Å². The molecule has 0 saturated heterocycles. The number of carboxylic acid groups (broad SMARTS) is 1. The molecule has 2 rings (SSSR count). The first-order valence-electron chi connectivity index (χ1n) is 8.70. The van der Waals surface area contributed by atoms with Gasteiger partial charge in [0.05, 0.1) is 18.2 Å². The van der Waals surface area contributed by atoms with Crippen molar-refractivity contribution >= 4 is 11.9 Å². The van der Waals surface area contributed by atoms with Crippen LogP contribution in [0, 0.1) is 11.7 Å². The maximum atomic E-state index is 12.1. The second-order valence-corrected chi connectivity index (χ2v) is 6.60. The van der Waals surface area contributed by atoms with Gasteiger partial charge in [0.15, 0.2) is 0 Å². The van der Waals surface area contributed by atoms with Crippen molar-refractivity contribution in [3.8, 4) is 0 Å². The van der Waals surface area contributed by atoms with Crippen LogP contribution in [0.1, 0.15) is 54.7 Å². The Hall–Kier alpha value is -2.73. The van der Waals surface area contributed by atoms with E-state index < -0.39 is 5.97 Å². The van der Waals surface area contributed by atoms with Gasteiger partial charge in [0, 0.05) is 6.42 Å². The van der Waals surface area contributed by atoms with Gasteiger partial charge in [-0.2, -0.15) is 0 Å². The van der Waals surface area contributed by atoms with Gasteiger partial charge in [0.1, 0.15) is 5.82 Å². The van der Waals surface area contributed by atoms with Gasteiger partial charge in [-0.3, -0.25) is 4.79 Å². The van der Waals surface area contributed by atoms with Gasteiger partial charge in [-0.05, 0) is 48.2 Å². The zero-order chi connectivity index (χ0) is 20.4. The van der Waals surface area contributed by atoms with Crippen LogP contribution in [-0.2, 0) is 11.4 Å². The number of hydrogen-bond donors (Lipinski definition) is 3. The molecule has 1 unspecified atom stereocenters. The first kappa shape index (κ1) is 22.3. The maximum absolute atomic E-state index is 12.1. The molecular weight excluding hydrogens is 349 g/mol. The lowest BCUT2D eigenvalue weighted by molar-refractivity contribution is -0.122. The second-order valence-electron chi connectivity index (χ2n) is 6.60. The zero-order valence-corrected chi connectivity index (χ0v) is 15.8. The molecule has 0 aliphatic carbocycles. The largest absolute Gasteiger partial charge is 0.478 e. The van der Waals surface area contributed by atoms with Gasteiger partial charge >= 0.3 is 5.97 Å². The number of carbonyl (C=O) groups is 2. The molecule has 0 heterocycles. The third kappa shape index (κ3) is 8.46. The van der Waals surface area contributed by atoms with Crippen molar-refractivity contribution in [3.05, 3.63) is 71.0 Å². The van der Waals surface area contributed by atoms with Crippen LogP contribution in [0.3, 0.4) is 0 Å². The Morgan fingerprint density at radius 1 is 1.00 bits per heavy atom. The van der Waals surface area contributed by atoms with Crippen LogP contribution in [0.15, 0.2) is 48.5 Å². The van der Waals surface area contributed by atoms with E-state index in [4.69, 9.17) is 10.2 Å². The minimum absolute atomic E-state index is 0.0137. The lowest BCUT2D eigenvalue weighted by atomic mass is 10.1. The normalized spacial score (nSPS) is 11.3. The molecule has 1 atom stereocenters. The Balaban J connectivity index is 0.000000337. The highest BCUT2D eigenvalue weighted by molar-refractivity contribution is 5.87. The molecule has 2 aromatic rings. The fourth-order valence-corrected chi connectivity index (χ4v) is 2.26. The molecule has 0 saturated carbocycles. The fourth-order valence-electron chi connectivity index (χ4n) is 2.26. The fraction of sp³-hybridized carbons (Fsp3) is 0.333. The number of halogens is 1. The van der Waals surface area contributed by atoms with E-state index in [1.807, 2.05) is 20.8 Å². The molecule has 0 radical (unpaired) electrons. The summed E-state index contributed by atoms with van der Waals surface area (Å²) >= 11 is 0. The molecule has 0 fully saturated rings. The monoisotopic (exact) mass is 375 g/mol. The molecule has 5 nitrogen and oxygen atoms in total. The van der Waals surface area contributed by atoms with Crippen molar-refractivity contribution < 1.29 is 24.2 Å². The maximum Gasteiger partial charge on any atom is 0.335 e. The minimum atomic E-state index is -0.946. The summed E-state index contributed by atoms with van der Waals surface area (Å²) in [7, 11) is 0. The van der Waals surface area contributed by atoms with E-state index in [0.717, 1.165) is 11.1 Å². The van der Waals surface area contributed by atoms with Crippen LogP contribution in [0.5, 0.6) is 0 Å². The quantitative estimate of drug-likeness (QED) is 0.714. The number of rotatable bonds is 6. The Bertz CT molecular complexity index is 727. The number of aromatic carboxylic acids is 1. The summed E-state index contributed by atoms with van der Waals surface area (Å²) in [6.45, 7) is 5.84. The van der Waals surface area contributed by atoms with Gasteiger partial charge in [0.25, 0.3) is 0 Å². The van der Waals surface area contributed by atoms with Gasteiger partial charge in [-0.25, -0.2) is 9.18 Å². The SMILES string of the molecule is CC(C)CC(=O)NC(C)c1ccc(C(=O)O)cc1.OCc1ccc(F)cc1. The van der Waals surface area contributed by atoms with E-state index in [1.54, 1.807) is 36.4 Å². The van der Waals surface area contributed by atoms with E-state index in [1.165, 1.54) is 12.1 Å². The summed E-state index contributed by atoms with van der Waals surface area (Å²) in [6, 6.07) is 12.2. The number of carboxylic acids is 1. The number of amides is 1. The molecule has 0 bridgehead atoms. The molecule has 0 aromatic heterocycles. The first-order valence-corrected chi connectivity index (χ1v) is 8.70. The number of aliphatic hydroxyl groups excluding tert-OH is 1. The Labute approximate surface area is 158 Å². The Morgan fingerprint density at radius 2 is 1.56 bits per heavy atom. The molecule has 3 N–H and O–H groups in total. The summed E-state index contributed by atoms with van der Waals surface area (Å²) in [5, 5.41) is 20.2. The van der Waals surface area contributed by atoms with Gasteiger partial charge < -0.3 is 15.5 Å². The third-order valence-corrected chi connectivity index (χ3v) is 3.72. The summed E-state index contributed by atoms with van der Waals surface area (Å²) in [4.78, 5) is 22.3. The number of benzene rings is 2. The number of carbonyl (C=O) groups excluding carboxylic acids is 1. The Morgan fingerprint density at radius 3 is 2.00 bits per heavy atom. The number of hydrogen-bond acceptors (Lipinski definition) is 3. The van der Waals surface area contributed by atoms with Crippen molar-refractivity contribution in [1.29, 1.82) is 0 Å². The van der Waals surface area contributed by atoms with Crippen molar-refractivity contribution in [2.24, 2.45) is 5.92 Å². The average Bonchev–Trinajstić information content (AvgIpc) is 2.62. The van der Waals surface area contributed by atoms with Crippen LogP contribution in [0.25, 0.3) is 0 Å². The van der Waals surface area contributed by atoms with Crippen LogP contribution in [0.4, 0.5) is 4.39 Å². The lowest BCUT2D eigenvalue weighted by Gasteiger charge is -2.15. The molecule has 0 aliphatic heterocycles. The van der Waals surface area contributed by atoms with Crippen molar-refractivity contribution in [1.82, 2.24) is 5.32 Å². The molecular formula is C21H26FNO4.